The summed E-state index contributed by atoms with van der Waals surface area (Å²) in [6.07, 6.45) is 0.837. The molecule has 0 saturated carbocycles. The Morgan fingerprint density at radius 1 is 1.41 bits per heavy atom. The van der Waals surface area contributed by atoms with Crippen molar-refractivity contribution in [2.45, 2.75) is 26.3 Å². The molecule has 17 heavy (non-hydrogen) atoms. The van der Waals surface area contributed by atoms with Gasteiger partial charge in [-0.15, -0.1) is 0 Å². The molecular weight excluding hydrogens is 214 g/mol. The van der Waals surface area contributed by atoms with E-state index in [2.05, 4.69) is 30.9 Å². The van der Waals surface area contributed by atoms with E-state index in [0.29, 0.717) is 6.61 Å². The number of rotatable bonds is 4. The SMILES string of the molecule is CCN(c1ccccc1)[C@@H](C)[C@@H]1CCOC1=O. The van der Waals surface area contributed by atoms with E-state index in [1.165, 1.54) is 5.69 Å². The van der Waals surface area contributed by atoms with Crippen LogP contribution in [-0.2, 0) is 9.53 Å². The summed E-state index contributed by atoms with van der Waals surface area (Å²) in [4.78, 5) is 13.9. The largest absolute Gasteiger partial charge is 0.465 e. The van der Waals surface area contributed by atoms with E-state index in [1.54, 1.807) is 0 Å². The molecule has 1 saturated heterocycles. The maximum Gasteiger partial charge on any atom is 0.311 e. The quantitative estimate of drug-likeness (QED) is 0.748. The molecule has 2 atom stereocenters. The van der Waals surface area contributed by atoms with Gasteiger partial charge in [-0.3, -0.25) is 4.79 Å². The second kappa shape index (κ2) is 5.21. The molecule has 0 N–H and O–H groups in total. The third kappa shape index (κ3) is 2.43. The van der Waals surface area contributed by atoms with E-state index >= 15 is 0 Å². The van der Waals surface area contributed by atoms with Crippen molar-refractivity contribution in [2.75, 3.05) is 18.1 Å². The summed E-state index contributed by atoms with van der Waals surface area (Å²) >= 11 is 0. The molecule has 0 aliphatic carbocycles. The summed E-state index contributed by atoms with van der Waals surface area (Å²) in [6, 6.07) is 10.4. The average molecular weight is 233 g/mol. The zero-order valence-corrected chi connectivity index (χ0v) is 10.4. The number of para-hydroxylation sites is 1. The van der Waals surface area contributed by atoms with Crippen LogP contribution in [0.25, 0.3) is 0 Å². The molecule has 1 aromatic rings. The average Bonchev–Trinajstić information content (AvgIpc) is 2.77. The maximum atomic E-state index is 11.6. The van der Waals surface area contributed by atoms with Crippen LogP contribution in [0.1, 0.15) is 20.3 Å². The van der Waals surface area contributed by atoms with E-state index < -0.39 is 0 Å². The number of benzene rings is 1. The van der Waals surface area contributed by atoms with Crippen molar-refractivity contribution in [2.24, 2.45) is 5.92 Å². The van der Waals surface area contributed by atoms with Crippen LogP contribution < -0.4 is 4.90 Å². The molecule has 3 heteroatoms. The molecule has 0 unspecified atom stereocenters. The van der Waals surface area contributed by atoms with Gasteiger partial charge >= 0.3 is 5.97 Å². The first kappa shape index (κ1) is 12.0. The van der Waals surface area contributed by atoms with Gasteiger partial charge in [0.05, 0.1) is 12.5 Å². The van der Waals surface area contributed by atoms with Gasteiger partial charge in [0.2, 0.25) is 0 Å². The van der Waals surface area contributed by atoms with Crippen LogP contribution >= 0.6 is 0 Å². The number of ether oxygens (including phenoxy) is 1. The third-order valence-electron chi connectivity index (χ3n) is 3.48. The molecule has 1 fully saturated rings. The van der Waals surface area contributed by atoms with E-state index in [4.69, 9.17) is 4.74 Å². The van der Waals surface area contributed by atoms with Crippen molar-refractivity contribution in [3.63, 3.8) is 0 Å². The third-order valence-corrected chi connectivity index (χ3v) is 3.48. The Balaban J connectivity index is 2.15. The number of nitrogens with zero attached hydrogens (tertiary/aromatic N) is 1. The minimum absolute atomic E-state index is 0.00940. The van der Waals surface area contributed by atoms with E-state index in [0.717, 1.165) is 13.0 Å². The molecule has 2 rings (SSSR count). The van der Waals surface area contributed by atoms with Crippen molar-refractivity contribution in [3.05, 3.63) is 30.3 Å². The fourth-order valence-electron chi connectivity index (χ4n) is 2.49. The second-order valence-corrected chi connectivity index (χ2v) is 4.42. The van der Waals surface area contributed by atoms with Gasteiger partial charge in [0, 0.05) is 18.3 Å². The van der Waals surface area contributed by atoms with Gasteiger partial charge in [0.25, 0.3) is 0 Å². The number of hydrogen-bond donors (Lipinski definition) is 0. The molecular formula is C14H19NO2. The topological polar surface area (TPSA) is 29.5 Å². The summed E-state index contributed by atoms with van der Waals surface area (Å²) in [7, 11) is 0. The lowest BCUT2D eigenvalue weighted by Gasteiger charge is -2.32. The van der Waals surface area contributed by atoms with Gasteiger partial charge < -0.3 is 9.64 Å². The Morgan fingerprint density at radius 2 is 2.12 bits per heavy atom. The van der Waals surface area contributed by atoms with Gasteiger partial charge in [-0.1, -0.05) is 18.2 Å². The molecule has 0 amide bonds. The zero-order chi connectivity index (χ0) is 12.3. The molecule has 0 bridgehead atoms. The fourth-order valence-corrected chi connectivity index (χ4v) is 2.49. The van der Waals surface area contributed by atoms with Gasteiger partial charge in [0.15, 0.2) is 0 Å². The van der Waals surface area contributed by atoms with Crippen LogP contribution in [0.3, 0.4) is 0 Å². The molecule has 1 aliphatic heterocycles. The van der Waals surface area contributed by atoms with Crippen molar-refractivity contribution in [1.29, 1.82) is 0 Å². The number of cyclic esters (lactones) is 1. The van der Waals surface area contributed by atoms with Crippen LogP contribution in [0.5, 0.6) is 0 Å². The van der Waals surface area contributed by atoms with Gasteiger partial charge in [0.1, 0.15) is 0 Å². The Hall–Kier alpha value is -1.51. The van der Waals surface area contributed by atoms with Crippen LogP contribution in [-0.4, -0.2) is 25.2 Å². The summed E-state index contributed by atoms with van der Waals surface area (Å²) in [5, 5.41) is 0. The Morgan fingerprint density at radius 3 is 2.65 bits per heavy atom. The maximum absolute atomic E-state index is 11.6. The highest BCUT2D eigenvalue weighted by molar-refractivity contribution is 5.75. The van der Waals surface area contributed by atoms with Crippen LogP contribution in [0.15, 0.2) is 30.3 Å². The first-order valence-electron chi connectivity index (χ1n) is 6.22. The normalized spacial score (nSPS) is 21.1. The van der Waals surface area contributed by atoms with Gasteiger partial charge in [-0.05, 0) is 32.4 Å². The fraction of sp³-hybridized carbons (Fsp3) is 0.500. The number of anilines is 1. The highest BCUT2D eigenvalue weighted by Crippen LogP contribution is 2.26. The predicted octanol–water partition coefficient (Wildman–Crippen LogP) is 2.46. The van der Waals surface area contributed by atoms with Gasteiger partial charge in [-0.25, -0.2) is 0 Å². The van der Waals surface area contributed by atoms with Crippen LogP contribution in [0.4, 0.5) is 5.69 Å². The minimum atomic E-state index is -0.0492. The summed E-state index contributed by atoms with van der Waals surface area (Å²) in [5.41, 5.74) is 1.17. The van der Waals surface area contributed by atoms with Crippen molar-refractivity contribution in [3.8, 4) is 0 Å². The highest BCUT2D eigenvalue weighted by Gasteiger charge is 2.34. The first-order chi connectivity index (χ1) is 8.24. The minimum Gasteiger partial charge on any atom is -0.465 e. The van der Waals surface area contributed by atoms with Crippen LogP contribution in [0, 0.1) is 5.92 Å². The lowest BCUT2D eigenvalue weighted by atomic mass is 9.98. The summed E-state index contributed by atoms with van der Waals surface area (Å²) in [5.74, 6) is -0.0398. The molecule has 1 aromatic carbocycles. The molecule has 0 radical (unpaired) electrons. The monoisotopic (exact) mass is 233 g/mol. The zero-order valence-electron chi connectivity index (χ0n) is 10.4. The Labute approximate surface area is 102 Å². The van der Waals surface area contributed by atoms with E-state index in [-0.39, 0.29) is 17.9 Å². The van der Waals surface area contributed by atoms with E-state index in [9.17, 15) is 4.79 Å². The number of carbonyl (C=O) groups is 1. The smallest absolute Gasteiger partial charge is 0.311 e. The Kier molecular flexibility index (Phi) is 3.67. The lowest BCUT2D eigenvalue weighted by molar-refractivity contribution is -0.141. The molecule has 3 nitrogen and oxygen atoms in total. The number of esters is 1. The van der Waals surface area contributed by atoms with Gasteiger partial charge in [-0.2, -0.15) is 0 Å². The summed E-state index contributed by atoms with van der Waals surface area (Å²) < 4.78 is 5.05. The highest BCUT2D eigenvalue weighted by atomic mass is 16.5. The lowest BCUT2D eigenvalue weighted by Crippen LogP contribution is -2.40. The molecule has 1 heterocycles. The molecule has 0 spiro atoms. The molecule has 0 aromatic heterocycles. The van der Waals surface area contributed by atoms with Crippen molar-refractivity contribution < 1.29 is 9.53 Å². The Bertz CT molecular complexity index is 377. The summed E-state index contributed by atoms with van der Waals surface area (Å²) in [6.45, 7) is 5.69. The van der Waals surface area contributed by atoms with E-state index in [1.807, 2.05) is 18.2 Å². The number of carbonyl (C=O) groups excluding carboxylic acids is 1. The predicted molar refractivity (Wildman–Crippen MR) is 68.0 cm³/mol. The van der Waals surface area contributed by atoms with Crippen molar-refractivity contribution in [1.82, 2.24) is 0 Å². The molecule has 1 aliphatic rings. The van der Waals surface area contributed by atoms with Crippen LogP contribution in [0.2, 0.25) is 0 Å². The second-order valence-electron chi connectivity index (χ2n) is 4.42. The van der Waals surface area contributed by atoms with Crippen molar-refractivity contribution >= 4 is 11.7 Å². The molecule has 92 valence electrons. The first-order valence-corrected chi connectivity index (χ1v) is 6.22. The number of hydrogen-bond acceptors (Lipinski definition) is 3. The standard InChI is InChI=1S/C14H19NO2/c1-3-15(12-7-5-4-6-8-12)11(2)13-9-10-17-14(13)16/h4-8,11,13H,3,9-10H2,1-2H3/t11-,13-/m0/s1.